The number of thiocarbonyl (C=S) groups is 1. The highest BCUT2D eigenvalue weighted by molar-refractivity contribution is 8.26. The van der Waals surface area contributed by atoms with Crippen LogP contribution >= 0.6 is 24.0 Å². The first-order valence-electron chi connectivity index (χ1n) is 8.06. The number of ether oxygens (including phenoxy) is 1. The van der Waals surface area contributed by atoms with Crippen LogP contribution < -0.4 is 4.74 Å². The van der Waals surface area contributed by atoms with Gasteiger partial charge in [0.15, 0.2) is 0 Å². The first kappa shape index (κ1) is 20.9. The highest BCUT2D eigenvalue weighted by Crippen LogP contribution is 2.34. The van der Waals surface area contributed by atoms with Gasteiger partial charge in [-0.25, -0.2) is 4.79 Å². The third-order valence-electron chi connectivity index (χ3n) is 3.83. The summed E-state index contributed by atoms with van der Waals surface area (Å²) >= 11 is 6.34. The van der Waals surface area contributed by atoms with Crippen LogP contribution in [0.15, 0.2) is 53.4 Å². The number of hydrogen-bond acceptors (Lipinski definition) is 5. The second-order valence-electron chi connectivity index (χ2n) is 5.89. The number of carbonyl (C=O) groups excluding carboxylic acids is 1. The molecule has 0 aliphatic carbocycles. The van der Waals surface area contributed by atoms with Gasteiger partial charge in [0.2, 0.25) is 0 Å². The van der Waals surface area contributed by atoms with E-state index in [0.29, 0.717) is 20.4 Å². The first-order chi connectivity index (χ1) is 13.6. The molecule has 1 N–H and O–H groups in total. The van der Waals surface area contributed by atoms with Gasteiger partial charge in [-0.1, -0.05) is 48.2 Å². The average molecular weight is 439 g/mol. The summed E-state index contributed by atoms with van der Waals surface area (Å²) in [6.07, 6.45) is -3.17. The maximum absolute atomic E-state index is 12.6. The average Bonchev–Trinajstić information content (AvgIpc) is 2.90. The molecule has 2 aromatic rings. The van der Waals surface area contributed by atoms with E-state index < -0.39 is 12.3 Å². The Morgan fingerprint density at radius 1 is 1.14 bits per heavy atom. The van der Waals surface area contributed by atoms with Crippen LogP contribution in [0.4, 0.5) is 13.2 Å². The van der Waals surface area contributed by atoms with E-state index in [1.165, 1.54) is 41.3 Å². The van der Waals surface area contributed by atoms with Gasteiger partial charge < -0.3 is 9.84 Å². The lowest BCUT2D eigenvalue weighted by Crippen LogP contribution is -2.27. The number of thioether (sulfide) groups is 1. The Bertz CT molecular complexity index is 986. The Balaban J connectivity index is 1.71. The minimum atomic E-state index is -4.77. The molecule has 0 radical (unpaired) electrons. The molecule has 150 valence electrons. The molecule has 0 bridgehead atoms. The summed E-state index contributed by atoms with van der Waals surface area (Å²) in [7, 11) is 0. The topological polar surface area (TPSA) is 66.8 Å². The van der Waals surface area contributed by atoms with Gasteiger partial charge >= 0.3 is 12.3 Å². The zero-order valence-corrected chi connectivity index (χ0v) is 16.1. The Labute approximate surface area is 172 Å². The Morgan fingerprint density at radius 2 is 1.76 bits per heavy atom. The number of nitrogens with zero attached hydrogens (tertiary/aromatic N) is 1. The van der Waals surface area contributed by atoms with Crippen molar-refractivity contribution in [3.05, 3.63) is 70.1 Å². The molecule has 0 unspecified atom stereocenters. The maximum atomic E-state index is 12.6. The lowest BCUT2D eigenvalue weighted by Gasteiger charge is -2.15. The fourth-order valence-corrected chi connectivity index (χ4v) is 3.74. The van der Waals surface area contributed by atoms with Crippen LogP contribution in [0.3, 0.4) is 0 Å². The molecule has 0 atom stereocenters. The number of alkyl halides is 3. The molecule has 1 aliphatic heterocycles. The number of amides is 1. The van der Waals surface area contributed by atoms with Crippen molar-refractivity contribution in [2.24, 2.45) is 0 Å². The molecule has 3 rings (SSSR count). The summed E-state index contributed by atoms with van der Waals surface area (Å²) in [5, 5.41) is 8.92. The zero-order chi connectivity index (χ0) is 21.2. The molecular formula is C19H12F3NO4S2. The lowest BCUT2D eigenvalue weighted by molar-refractivity contribution is -0.274. The van der Waals surface area contributed by atoms with Crippen molar-refractivity contribution in [1.82, 2.24) is 4.90 Å². The SMILES string of the molecule is O=C(O)c1ccc(/C=C2\SC(=S)N(Cc3ccc(OC(F)(F)F)cc3)C2=O)cc1. The van der Waals surface area contributed by atoms with Crippen molar-refractivity contribution in [2.75, 3.05) is 0 Å². The summed E-state index contributed by atoms with van der Waals surface area (Å²) in [5.41, 5.74) is 1.36. The monoisotopic (exact) mass is 439 g/mol. The maximum Gasteiger partial charge on any atom is 0.573 e. The van der Waals surface area contributed by atoms with Crippen LogP contribution in [0.2, 0.25) is 0 Å². The highest BCUT2D eigenvalue weighted by atomic mass is 32.2. The van der Waals surface area contributed by atoms with Crippen molar-refractivity contribution < 1.29 is 32.6 Å². The lowest BCUT2D eigenvalue weighted by atomic mass is 10.1. The van der Waals surface area contributed by atoms with Gasteiger partial charge in [0.1, 0.15) is 10.1 Å². The molecule has 10 heteroatoms. The van der Waals surface area contributed by atoms with Crippen LogP contribution in [0, 0.1) is 0 Å². The molecule has 1 fully saturated rings. The number of carboxylic acid groups (broad SMARTS) is 1. The van der Waals surface area contributed by atoms with Gasteiger partial charge in [0.25, 0.3) is 5.91 Å². The van der Waals surface area contributed by atoms with E-state index in [1.807, 2.05) is 0 Å². The second kappa shape index (κ2) is 8.26. The quantitative estimate of drug-likeness (QED) is 0.539. The number of aromatic carboxylic acids is 1. The number of halogens is 3. The number of benzene rings is 2. The smallest absolute Gasteiger partial charge is 0.478 e. The number of carbonyl (C=O) groups is 2. The van der Waals surface area contributed by atoms with Crippen molar-refractivity contribution in [1.29, 1.82) is 0 Å². The molecule has 1 amide bonds. The highest BCUT2D eigenvalue weighted by Gasteiger charge is 2.33. The van der Waals surface area contributed by atoms with E-state index in [0.717, 1.165) is 11.8 Å². The first-order valence-corrected chi connectivity index (χ1v) is 9.28. The van der Waals surface area contributed by atoms with Crippen molar-refractivity contribution in [2.45, 2.75) is 12.9 Å². The zero-order valence-electron chi connectivity index (χ0n) is 14.5. The normalized spacial score (nSPS) is 15.8. The van der Waals surface area contributed by atoms with E-state index in [9.17, 15) is 22.8 Å². The number of rotatable bonds is 5. The minimum absolute atomic E-state index is 0.103. The minimum Gasteiger partial charge on any atom is -0.478 e. The predicted octanol–water partition coefficient (Wildman–Crippen LogP) is 4.68. The van der Waals surface area contributed by atoms with Gasteiger partial charge in [-0.2, -0.15) is 0 Å². The largest absolute Gasteiger partial charge is 0.573 e. The van der Waals surface area contributed by atoms with Crippen LogP contribution in [0.5, 0.6) is 5.75 Å². The van der Waals surface area contributed by atoms with E-state index in [1.54, 1.807) is 18.2 Å². The van der Waals surface area contributed by atoms with E-state index in [2.05, 4.69) is 4.74 Å². The van der Waals surface area contributed by atoms with Gasteiger partial charge in [0.05, 0.1) is 17.0 Å². The van der Waals surface area contributed by atoms with Gasteiger partial charge in [-0.3, -0.25) is 9.69 Å². The summed E-state index contributed by atoms with van der Waals surface area (Å²) in [5.74, 6) is -1.73. The second-order valence-corrected chi connectivity index (χ2v) is 7.56. The third kappa shape index (κ3) is 5.36. The van der Waals surface area contributed by atoms with Crippen LogP contribution in [-0.4, -0.2) is 32.6 Å². The summed E-state index contributed by atoms with van der Waals surface area (Å²) in [6.45, 7) is 0.103. The molecule has 1 saturated heterocycles. The fourth-order valence-electron chi connectivity index (χ4n) is 2.49. The van der Waals surface area contributed by atoms with Crippen LogP contribution in [0.1, 0.15) is 21.5 Å². The Morgan fingerprint density at radius 3 is 2.31 bits per heavy atom. The third-order valence-corrected chi connectivity index (χ3v) is 5.20. The molecule has 0 spiro atoms. The summed E-state index contributed by atoms with van der Waals surface area (Å²) in [4.78, 5) is 25.2. The molecule has 1 aliphatic rings. The van der Waals surface area contributed by atoms with E-state index >= 15 is 0 Å². The molecule has 0 saturated carbocycles. The number of carboxylic acids is 1. The van der Waals surface area contributed by atoms with Gasteiger partial charge in [-0.05, 0) is 41.5 Å². The standard InChI is InChI=1S/C19H12F3NO4S2/c20-19(21,22)27-14-7-3-12(4-8-14)10-23-16(24)15(29-18(23)28)9-11-1-5-13(6-2-11)17(25)26/h1-9H,10H2,(H,25,26)/b15-9-. The number of hydrogen-bond donors (Lipinski definition) is 1. The summed E-state index contributed by atoms with van der Waals surface area (Å²) < 4.78 is 40.8. The van der Waals surface area contributed by atoms with Crippen LogP contribution in [0.25, 0.3) is 6.08 Å². The van der Waals surface area contributed by atoms with Crippen molar-refractivity contribution >= 4 is 46.3 Å². The van der Waals surface area contributed by atoms with E-state index in [-0.39, 0.29) is 23.8 Å². The van der Waals surface area contributed by atoms with Gasteiger partial charge in [0, 0.05) is 0 Å². The molecule has 5 nitrogen and oxygen atoms in total. The summed E-state index contributed by atoms with van der Waals surface area (Å²) in [6, 6.07) is 11.2. The Kier molecular flexibility index (Phi) is 5.94. The fraction of sp³-hybridized carbons (Fsp3) is 0.105. The molecule has 2 aromatic carbocycles. The Hall–Kier alpha value is -2.85. The predicted molar refractivity (Wildman–Crippen MR) is 105 cm³/mol. The van der Waals surface area contributed by atoms with Crippen molar-refractivity contribution in [3.8, 4) is 5.75 Å². The molecular weight excluding hydrogens is 427 g/mol. The van der Waals surface area contributed by atoms with E-state index in [4.69, 9.17) is 17.3 Å². The molecule has 29 heavy (non-hydrogen) atoms. The van der Waals surface area contributed by atoms with Gasteiger partial charge in [-0.15, -0.1) is 13.2 Å². The molecule has 1 heterocycles. The van der Waals surface area contributed by atoms with Crippen LogP contribution in [-0.2, 0) is 11.3 Å². The van der Waals surface area contributed by atoms with Crippen molar-refractivity contribution in [3.63, 3.8) is 0 Å². The molecule has 0 aromatic heterocycles.